The maximum atomic E-state index is 5.79. The number of ether oxygens (including phenoxy) is 28. The van der Waals surface area contributed by atoms with Crippen molar-refractivity contribution in [2.75, 3.05) is 192 Å². The summed E-state index contributed by atoms with van der Waals surface area (Å²) in [6.07, 6.45) is 15.2. The summed E-state index contributed by atoms with van der Waals surface area (Å²) in [6, 6.07) is 29.8. The van der Waals surface area contributed by atoms with E-state index in [1.165, 1.54) is 23.7 Å². The summed E-state index contributed by atoms with van der Waals surface area (Å²) < 4.78 is 159. The lowest BCUT2D eigenvalue weighted by Crippen LogP contribution is -2.29. The molecule has 1 heterocycles. The zero-order valence-electron chi connectivity index (χ0n) is 97.8. The first-order chi connectivity index (χ1) is 69.4. The van der Waals surface area contributed by atoms with Crippen molar-refractivity contribution in [2.45, 2.75) is 396 Å². The number of rotatable bonds is 74. The highest BCUT2D eigenvalue weighted by Crippen LogP contribution is 2.35. The molecule has 6 rings (SSSR count). The van der Waals surface area contributed by atoms with Gasteiger partial charge in [0.25, 0.3) is 0 Å². The molecule has 0 spiro atoms. The zero-order valence-corrected chi connectivity index (χ0v) is 97.8. The molecule has 1 saturated carbocycles. The molecule has 5 aromatic rings. The number of hydrogen-bond acceptors (Lipinski definition) is 29. The average Bonchev–Trinajstić information content (AvgIpc) is 0.840. The topological polar surface area (TPSA) is 272 Å². The highest BCUT2D eigenvalue weighted by molar-refractivity contribution is 5.43. The Hall–Kier alpha value is -6.40. The van der Waals surface area contributed by atoms with Crippen molar-refractivity contribution >= 4 is 0 Å². The van der Waals surface area contributed by atoms with E-state index >= 15 is 0 Å². The summed E-state index contributed by atoms with van der Waals surface area (Å²) in [5, 5.41) is 0. The van der Waals surface area contributed by atoms with Crippen LogP contribution in [-0.2, 0) is 95.4 Å². The Labute approximate surface area is 886 Å². The largest absolute Gasteiger partial charge is 0.491 e. The first-order valence-corrected chi connectivity index (χ1v) is 54.3. The van der Waals surface area contributed by atoms with Gasteiger partial charge >= 0.3 is 0 Å². The summed E-state index contributed by atoms with van der Waals surface area (Å²) in [5.74, 6) is 6.56. The fourth-order valence-electron chi connectivity index (χ4n) is 12.4. The van der Waals surface area contributed by atoms with E-state index in [1.54, 1.807) is 0 Å². The number of hydrogen-bond donors (Lipinski definition) is 0. The van der Waals surface area contributed by atoms with Gasteiger partial charge in [0.1, 0.15) is 112 Å². The quantitative estimate of drug-likeness (QED) is 0.0327. The van der Waals surface area contributed by atoms with Crippen molar-refractivity contribution in [1.82, 2.24) is 0 Å². The van der Waals surface area contributed by atoms with Gasteiger partial charge in [-0.15, -0.1) is 0 Å². The van der Waals surface area contributed by atoms with Crippen LogP contribution < -0.4 is 42.6 Å². The summed E-state index contributed by atoms with van der Waals surface area (Å²) in [6.45, 7) is 88.5. The highest BCUT2D eigenvalue weighted by atomic mass is 16.6. The summed E-state index contributed by atoms with van der Waals surface area (Å²) >= 11 is 0. The van der Waals surface area contributed by atoms with Crippen LogP contribution in [0.1, 0.15) is 292 Å². The average molecular weight is 2080 g/mol. The fourth-order valence-corrected chi connectivity index (χ4v) is 12.4. The maximum Gasteiger partial charge on any atom is 0.199 e. The van der Waals surface area contributed by atoms with Crippen LogP contribution in [0.15, 0.2) is 108 Å². The van der Waals surface area contributed by atoms with Gasteiger partial charge in [-0.2, -0.15) is 0 Å². The SMILES string of the molecule is CC(C)OC1CCC(OC(C)C)CC1.CC(C)OCCCCOC(C)C.CC(C)OCCOC(C)C.CC(C)OCCOCCOCCOC(C)C.CC(C)OCCOc1ccc(C(C)(C)c2ccc(OCCOC(C)C)cc2)cc1.CC(C)OCCOc1cccc(OCCOC(C)C)c1.CC(C)OCCOc1cocc1OCCOC(C)C.CCOCCOc1cc(OCCOC(C)C)cc(OCCOC(C)C)c1. The fraction of sp³-hybridized carbons (Fsp3) is 0.761. The van der Waals surface area contributed by atoms with Gasteiger partial charge in [-0.25, -0.2) is 0 Å². The van der Waals surface area contributed by atoms with Crippen molar-refractivity contribution in [3.63, 3.8) is 0 Å². The summed E-state index contributed by atoms with van der Waals surface area (Å²) in [7, 11) is 0. The second kappa shape index (κ2) is 93.4. The second-order valence-corrected chi connectivity index (χ2v) is 39.3. The van der Waals surface area contributed by atoms with Gasteiger partial charge < -0.3 is 137 Å². The minimum Gasteiger partial charge on any atom is -0.491 e. The first kappa shape index (κ1) is 142. The van der Waals surface area contributed by atoms with Gasteiger partial charge in [-0.05, 0) is 315 Å². The van der Waals surface area contributed by atoms with Crippen LogP contribution in [0.4, 0.5) is 0 Å². The molecule has 852 valence electrons. The molecule has 4 aromatic carbocycles. The molecule has 0 unspecified atom stereocenters. The van der Waals surface area contributed by atoms with Crippen molar-refractivity contribution in [3.05, 3.63) is 115 Å². The summed E-state index contributed by atoms with van der Waals surface area (Å²) in [5.41, 5.74) is 2.36. The van der Waals surface area contributed by atoms with E-state index < -0.39 is 0 Å². The Morgan fingerprint density at radius 2 is 0.418 bits per heavy atom. The molecule has 0 bridgehead atoms. The molecule has 29 nitrogen and oxygen atoms in total. The van der Waals surface area contributed by atoms with Crippen LogP contribution in [0.5, 0.6) is 51.7 Å². The molecule has 1 fully saturated rings. The summed E-state index contributed by atoms with van der Waals surface area (Å²) in [4.78, 5) is 0. The molecule has 146 heavy (non-hydrogen) atoms. The van der Waals surface area contributed by atoms with Crippen molar-refractivity contribution < 1.29 is 137 Å². The third-order valence-corrected chi connectivity index (χ3v) is 19.2. The highest BCUT2D eigenvalue weighted by Gasteiger charge is 2.25. The molecule has 0 aliphatic heterocycles. The second-order valence-electron chi connectivity index (χ2n) is 39.3. The predicted octanol–water partition coefficient (Wildman–Crippen LogP) is 25.0. The molecule has 0 amide bonds. The van der Waals surface area contributed by atoms with Gasteiger partial charge in [0.05, 0.1) is 222 Å². The normalized spacial score (nSPS) is 13.1. The number of furan rings is 1. The first-order valence-electron chi connectivity index (χ1n) is 54.3. The van der Waals surface area contributed by atoms with Gasteiger partial charge in [-0.1, -0.05) is 44.2 Å². The Morgan fingerprint density at radius 3 is 0.664 bits per heavy atom. The van der Waals surface area contributed by atoms with Crippen LogP contribution in [0.25, 0.3) is 0 Å². The van der Waals surface area contributed by atoms with E-state index in [0.717, 1.165) is 74.7 Å². The molecule has 1 aliphatic carbocycles. The van der Waals surface area contributed by atoms with E-state index in [2.05, 4.69) is 93.5 Å². The van der Waals surface area contributed by atoms with Crippen LogP contribution in [0, 0.1) is 0 Å². The standard InChI is InChI=1S/C25H36O4.C20H34O6.C16H26O4.C14H24O5.C12H26O4.C12H24O2.C10H22O2.C8H18O2/c1-19(2)26-15-17-28-23-11-7-21(8-12-23)25(5,6)22-9-13-24(14-10-22)29-18-16-27-20(3)4;1-6-21-7-8-24-18-13-19(25-11-9-22-16(2)3)15-20(14-18)26-12-10-23-17(4)5;1-13(2)17-8-10-19-15-6-5-7-16(12-15)20-11-9-18-14(3)4;1-11(2)16-5-7-18-13-9-15-10-14(13)19-8-6-17-12(3)4;1-11(2)15-9-7-13-5-6-14-8-10-16-12(3)4;1-9(2)13-11-5-7-12(8-6-11)14-10(3)4;1-9(2)11-7-5-6-8-12-10(3)4;1-7(2)9-5-6-10-8(3)4/h7-14,19-20H,15-18H2,1-6H3;13-17H,6-12H2,1-5H3;5-7,12-14H,8-11H2,1-4H3;9-12H,5-8H2,1-4H3;11-12H,5-10H2,1-4H3;9-12H,5-8H2,1-4H3;9-10H,5-8H2,1-4H3;7-8H,5-6H2,1-4H3. The maximum absolute atomic E-state index is 5.79. The zero-order chi connectivity index (χ0) is 110. The van der Waals surface area contributed by atoms with Crippen LogP contribution in [0.3, 0.4) is 0 Å². The van der Waals surface area contributed by atoms with Crippen LogP contribution in [-0.4, -0.2) is 301 Å². The third kappa shape index (κ3) is 92.5. The Kier molecular flexibility index (Phi) is 90.6. The lowest BCUT2D eigenvalue weighted by molar-refractivity contribution is -0.0657. The van der Waals surface area contributed by atoms with Gasteiger partial charge in [-0.3, -0.25) is 0 Å². The smallest absolute Gasteiger partial charge is 0.199 e. The Bertz CT molecular complexity index is 3380. The Morgan fingerprint density at radius 1 is 0.219 bits per heavy atom. The molecule has 0 atom stereocenters. The van der Waals surface area contributed by atoms with Gasteiger partial charge in [0.2, 0.25) is 0 Å². The van der Waals surface area contributed by atoms with Crippen LogP contribution in [0.2, 0.25) is 0 Å². The Balaban J connectivity index is 0. The van der Waals surface area contributed by atoms with E-state index in [4.69, 9.17) is 137 Å². The van der Waals surface area contributed by atoms with Crippen molar-refractivity contribution in [1.29, 1.82) is 0 Å². The van der Waals surface area contributed by atoms with E-state index in [9.17, 15) is 0 Å². The molecule has 1 aliphatic rings. The molecular formula is C117H210O29. The molecule has 0 radical (unpaired) electrons. The van der Waals surface area contributed by atoms with E-state index in [1.807, 2.05) is 240 Å². The molecule has 29 heteroatoms. The minimum atomic E-state index is -0.113. The van der Waals surface area contributed by atoms with Crippen molar-refractivity contribution in [2.24, 2.45) is 0 Å². The molecule has 0 saturated heterocycles. The van der Waals surface area contributed by atoms with Gasteiger partial charge in [0, 0.05) is 49.5 Å². The lowest BCUT2D eigenvalue weighted by Gasteiger charge is -2.30. The molecule has 0 N–H and O–H groups in total. The predicted molar refractivity (Wildman–Crippen MR) is 587 cm³/mol. The lowest BCUT2D eigenvalue weighted by atomic mass is 9.78. The number of benzene rings is 4. The minimum absolute atomic E-state index is 0.113. The van der Waals surface area contributed by atoms with E-state index in [0.29, 0.717) is 256 Å². The molecular weight excluding hydrogens is 1870 g/mol. The van der Waals surface area contributed by atoms with Crippen molar-refractivity contribution in [3.8, 4) is 51.7 Å². The van der Waals surface area contributed by atoms with E-state index in [-0.39, 0.29) is 66.5 Å². The monoisotopic (exact) mass is 2080 g/mol. The van der Waals surface area contributed by atoms with Gasteiger partial charge in [0.15, 0.2) is 11.5 Å². The number of unbranched alkanes of at least 4 members (excludes halogenated alkanes) is 1. The molecule has 1 aromatic heterocycles. The third-order valence-electron chi connectivity index (χ3n) is 19.2. The van der Waals surface area contributed by atoms with Crippen LogP contribution >= 0.6 is 0 Å².